The fourth-order valence-electron chi connectivity index (χ4n) is 3.83. The lowest BCUT2D eigenvalue weighted by Gasteiger charge is -2.24. The van der Waals surface area contributed by atoms with Crippen molar-refractivity contribution in [3.05, 3.63) is 50.9 Å². The number of nitrogens with zero attached hydrogens (tertiary/aromatic N) is 4. The highest BCUT2D eigenvalue weighted by molar-refractivity contribution is 5.90. The van der Waals surface area contributed by atoms with Gasteiger partial charge in [-0.2, -0.15) is 5.10 Å². The van der Waals surface area contributed by atoms with E-state index in [2.05, 4.69) is 20.5 Å². The second-order valence-corrected chi connectivity index (χ2v) is 7.19. The summed E-state index contributed by atoms with van der Waals surface area (Å²) in [5.74, 6) is -0.0252. The topological polar surface area (TPSA) is 115 Å². The van der Waals surface area contributed by atoms with Crippen LogP contribution in [0.15, 0.2) is 34.0 Å². The zero-order chi connectivity index (χ0) is 19.7. The Morgan fingerprint density at radius 3 is 2.79 bits per heavy atom. The largest absolute Gasteiger partial charge is 0.333 e. The Bertz CT molecular complexity index is 1140. The van der Waals surface area contributed by atoms with Gasteiger partial charge in [-0.05, 0) is 31.9 Å². The van der Waals surface area contributed by atoms with Crippen molar-refractivity contribution in [2.45, 2.75) is 51.6 Å². The molecule has 9 heteroatoms. The summed E-state index contributed by atoms with van der Waals surface area (Å²) in [6.45, 7) is 1.58. The highest BCUT2D eigenvalue weighted by Crippen LogP contribution is 2.26. The minimum Gasteiger partial charge on any atom is -0.308 e. The maximum absolute atomic E-state index is 13.2. The van der Waals surface area contributed by atoms with Crippen molar-refractivity contribution in [1.82, 2.24) is 24.3 Å². The van der Waals surface area contributed by atoms with Gasteiger partial charge < -0.3 is 5.32 Å². The molecule has 3 aromatic heterocycles. The number of carbonyl (C=O) groups is 1. The summed E-state index contributed by atoms with van der Waals surface area (Å²) in [5.41, 5.74) is 0.208. The summed E-state index contributed by atoms with van der Waals surface area (Å²) in [7, 11) is 0. The molecule has 0 spiro atoms. The van der Waals surface area contributed by atoms with Crippen LogP contribution < -0.4 is 16.6 Å². The van der Waals surface area contributed by atoms with Crippen LogP contribution in [0, 0.1) is 6.92 Å². The normalized spacial score (nSPS) is 15.0. The summed E-state index contributed by atoms with van der Waals surface area (Å²) in [6, 6.07) is 4.87. The molecule has 0 radical (unpaired) electrons. The molecule has 1 aliphatic carbocycles. The average Bonchev–Trinajstić information content (AvgIpc) is 3.10. The van der Waals surface area contributed by atoms with Gasteiger partial charge in [0.25, 0.3) is 5.56 Å². The number of rotatable bonds is 4. The predicted octanol–water partition coefficient (Wildman–Crippen LogP) is 1.73. The molecule has 1 fully saturated rings. The molecule has 1 aliphatic rings. The highest BCUT2D eigenvalue weighted by atomic mass is 16.2. The first-order valence-corrected chi connectivity index (χ1v) is 9.46. The van der Waals surface area contributed by atoms with E-state index in [1.54, 1.807) is 18.2 Å². The standard InChI is InChI=1S/C19H22N6O3/c1-12-10-15(23-22-12)21-16(26)11-24-17-14(8-5-9-20-17)18(27)25(19(24)28)13-6-3-2-4-7-13/h5,8-10,13H,2-4,6-7,11H2,1H3,(H2,21,22,23,26). The van der Waals surface area contributed by atoms with E-state index < -0.39 is 11.6 Å². The van der Waals surface area contributed by atoms with E-state index in [0.717, 1.165) is 37.8 Å². The van der Waals surface area contributed by atoms with Gasteiger partial charge in [0.15, 0.2) is 5.82 Å². The van der Waals surface area contributed by atoms with Crippen molar-refractivity contribution in [3.63, 3.8) is 0 Å². The molecule has 3 aromatic rings. The van der Waals surface area contributed by atoms with Crippen LogP contribution in [-0.2, 0) is 11.3 Å². The van der Waals surface area contributed by atoms with Crippen LogP contribution in [0.2, 0.25) is 0 Å². The molecule has 0 aromatic carbocycles. The number of hydrogen-bond donors (Lipinski definition) is 2. The third-order valence-corrected chi connectivity index (χ3v) is 5.14. The Balaban J connectivity index is 1.77. The zero-order valence-electron chi connectivity index (χ0n) is 15.6. The number of amides is 1. The van der Waals surface area contributed by atoms with E-state index in [1.807, 2.05) is 6.92 Å². The van der Waals surface area contributed by atoms with E-state index in [9.17, 15) is 14.4 Å². The van der Waals surface area contributed by atoms with Crippen LogP contribution in [0.5, 0.6) is 0 Å². The Labute approximate surface area is 160 Å². The number of carbonyl (C=O) groups excluding carboxylic acids is 1. The number of aryl methyl sites for hydroxylation is 1. The molecular weight excluding hydrogens is 360 g/mol. The van der Waals surface area contributed by atoms with Crippen LogP contribution in [-0.4, -0.2) is 30.2 Å². The van der Waals surface area contributed by atoms with Crippen LogP contribution >= 0.6 is 0 Å². The molecule has 4 rings (SSSR count). The van der Waals surface area contributed by atoms with Gasteiger partial charge >= 0.3 is 5.69 Å². The third-order valence-electron chi connectivity index (χ3n) is 5.14. The molecule has 3 heterocycles. The maximum atomic E-state index is 13.2. The molecule has 2 N–H and O–H groups in total. The van der Waals surface area contributed by atoms with Crippen molar-refractivity contribution in [3.8, 4) is 0 Å². The third kappa shape index (κ3) is 3.35. The van der Waals surface area contributed by atoms with Gasteiger partial charge in [0.2, 0.25) is 5.91 Å². The van der Waals surface area contributed by atoms with E-state index in [1.165, 1.54) is 15.3 Å². The molecular formula is C19H22N6O3. The maximum Gasteiger partial charge on any atom is 0.333 e. The molecule has 146 valence electrons. The molecule has 0 saturated heterocycles. The van der Waals surface area contributed by atoms with E-state index in [4.69, 9.17) is 0 Å². The smallest absolute Gasteiger partial charge is 0.308 e. The summed E-state index contributed by atoms with van der Waals surface area (Å²) < 4.78 is 2.59. The van der Waals surface area contributed by atoms with Crippen LogP contribution in [0.1, 0.15) is 43.8 Å². The van der Waals surface area contributed by atoms with Gasteiger partial charge in [0.1, 0.15) is 12.2 Å². The van der Waals surface area contributed by atoms with Crippen molar-refractivity contribution in [1.29, 1.82) is 0 Å². The Kier molecular flexibility index (Phi) is 4.81. The molecule has 1 saturated carbocycles. The van der Waals surface area contributed by atoms with Gasteiger partial charge in [-0.15, -0.1) is 0 Å². The minimum absolute atomic E-state index is 0.137. The minimum atomic E-state index is -0.489. The van der Waals surface area contributed by atoms with Gasteiger partial charge in [-0.25, -0.2) is 9.78 Å². The number of aromatic amines is 1. The van der Waals surface area contributed by atoms with Crippen LogP contribution in [0.3, 0.4) is 0 Å². The highest BCUT2D eigenvalue weighted by Gasteiger charge is 2.23. The quantitative estimate of drug-likeness (QED) is 0.713. The molecule has 9 nitrogen and oxygen atoms in total. The summed E-state index contributed by atoms with van der Waals surface area (Å²) in [6.07, 6.45) is 6.18. The first kappa shape index (κ1) is 18.1. The summed E-state index contributed by atoms with van der Waals surface area (Å²) >= 11 is 0. The van der Waals surface area contributed by atoms with Crippen LogP contribution in [0.4, 0.5) is 5.82 Å². The number of aromatic nitrogens is 5. The second kappa shape index (κ2) is 7.41. The van der Waals surface area contributed by atoms with Crippen LogP contribution in [0.25, 0.3) is 11.0 Å². The first-order valence-electron chi connectivity index (χ1n) is 9.46. The summed E-state index contributed by atoms with van der Waals surface area (Å²) in [4.78, 5) is 42.9. The lowest BCUT2D eigenvalue weighted by molar-refractivity contribution is -0.116. The lowest BCUT2D eigenvalue weighted by atomic mass is 9.95. The van der Waals surface area contributed by atoms with E-state index in [-0.39, 0.29) is 23.8 Å². The Hall–Kier alpha value is -3.23. The second-order valence-electron chi connectivity index (χ2n) is 7.19. The van der Waals surface area contributed by atoms with Crippen molar-refractivity contribution in [2.75, 3.05) is 5.32 Å². The van der Waals surface area contributed by atoms with Gasteiger partial charge in [0, 0.05) is 24.0 Å². The van der Waals surface area contributed by atoms with Crippen molar-refractivity contribution < 1.29 is 4.79 Å². The van der Waals surface area contributed by atoms with E-state index >= 15 is 0 Å². The number of anilines is 1. The van der Waals surface area contributed by atoms with Gasteiger partial charge in [-0.3, -0.25) is 23.8 Å². The summed E-state index contributed by atoms with van der Waals surface area (Å²) in [5, 5.41) is 9.72. The first-order chi connectivity index (χ1) is 13.5. The number of fused-ring (bicyclic) bond motifs is 1. The molecule has 28 heavy (non-hydrogen) atoms. The number of nitrogens with one attached hydrogen (secondary N) is 2. The van der Waals surface area contributed by atoms with Gasteiger partial charge in [-0.1, -0.05) is 19.3 Å². The number of pyridine rings is 1. The Morgan fingerprint density at radius 1 is 1.29 bits per heavy atom. The average molecular weight is 382 g/mol. The molecule has 0 bridgehead atoms. The Morgan fingerprint density at radius 2 is 2.07 bits per heavy atom. The molecule has 0 atom stereocenters. The fourth-order valence-corrected chi connectivity index (χ4v) is 3.83. The number of hydrogen-bond acceptors (Lipinski definition) is 5. The SMILES string of the molecule is Cc1cc(NC(=O)Cn2c(=O)n(C3CCCCC3)c(=O)c3cccnc32)n[nH]1. The molecule has 0 unspecified atom stereocenters. The zero-order valence-corrected chi connectivity index (χ0v) is 15.6. The van der Waals surface area contributed by atoms with Crippen molar-refractivity contribution in [2.24, 2.45) is 0 Å². The predicted molar refractivity (Wildman–Crippen MR) is 104 cm³/mol. The van der Waals surface area contributed by atoms with E-state index in [0.29, 0.717) is 11.2 Å². The lowest BCUT2D eigenvalue weighted by Crippen LogP contribution is -2.44. The fraction of sp³-hybridized carbons (Fsp3) is 0.421. The monoisotopic (exact) mass is 382 g/mol. The van der Waals surface area contributed by atoms with Crippen molar-refractivity contribution >= 4 is 22.8 Å². The number of H-pyrrole nitrogens is 1. The molecule has 1 amide bonds. The molecule has 0 aliphatic heterocycles. The van der Waals surface area contributed by atoms with Gasteiger partial charge in [0.05, 0.1) is 5.39 Å².